The van der Waals surface area contributed by atoms with Gasteiger partial charge in [0.1, 0.15) is 5.60 Å². The number of amides is 1. The summed E-state index contributed by atoms with van der Waals surface area (Å²) in [5.41, 5.74) is -0.458. The maximum Gasteiger partial charge on any atom is 0.410 e. The van der Waals surface area contributed by atoms with E-state index in [0.717, 1.165) is 30.4 Å². The van der Waals surface area contributed by atoms with Crippen LogP contribution in [0.4, 0.5) is 4.79 Å². The summed E-state index contributed by atoms with van der Waals surface area (Å²) in [6, 6.07) is 0.199. The number of nitrogens with zero attached hydrogens (tertiary/aromatic N) is 3. The maximum absolute atomic E-state index is 11.9. The summed E-state index contributed by atoms with van der Waals surface area (Å²) in [5, 5.41) is 7.76. The van der Waals surface area contributed by atoms with Gasteiger partial charge < -0.3 is 20.3 Å². The van der Waals surface area contributed by atoms with Crippen molar-refractivity contribution in [2.75, 3.05) is 26.7 Å². The lowest BCUT2D eigenvalue weighted by molar-refractivity contribution is 0.00701. The van der Waals surface area contributed by atoms with Crippen LogP contribution in [0.5, 0.6) is 0 Å². The number of carbonyl (C=O) groups is 1. The lowest BCUT2D eigenvalue weighted by Crippen LogP contribution is -2.63. The van der Waals surface area contributed by atoms with Gasteiger partial charge >= 0.3 is 6.09 Å². The third-order valence-corrected chi connectivity index (χ3v) is 4.88. The Balaban J connectivity index is 0.00000338. The monoisotopic (exact) mass is 495 g/mol. The van der Waals surface area contributed by atoms with Gasteiger partial charge in [0.25, 0.3) is 0 Å². The van der Waals surface area contributed by atoms with Crippen LogP contribution in [-0.4, -0.2) is 60.3 Å². The van der Waals surface area contributed by atoms with E-state index < -0.39 is 5.60 Å². The van der Waals surface area contributed by atoms with Gasteiger partial charge in [0, 0.05) is 44.2 Å². The number of rotatable bonds is 5. The zero-order chi connectivity index (χ0) is 18.4. The first-order valence-electron chi connectivity index (χ1n) is 8.69. The summed E-state index contributed by atoms with van der Waals surface area (Å²) >= 11 is 1.76. The van der Waals surface area contributed by atoms with Crippen molar-refractivity contribution in [1.29, 1.82) is 0 Å². The average molecular weight is 495 g/mol. The summed E-state index contributed by atoms with van der Waals surface area (Å²) in [4.78, 5) is 23.6. The molecule has 7 nitrogen and oxygen atoms in total. The summed E-state index contributed by atoms with van der Waals surface area (Å²) in [7, 11) is 1.75. The predicted molar refractivity (Wildman–Crippen MR) is 117 cm³/mol. The molecule has 1 amide bonds. The first-order chi connectivity index (χ1) is 11.8. The SMILES string of the molecule is CCc1cnc(CCNC(=NC)NC2CN(C(=O)OC(C)(C)C)C2)s1.I. The van der Waals surface area contributed by atoms with Crippen LogP contribution < -0.4 is 10.6 Å². The number of thiazole rings is 1. The van der Waals surface area contributed by atoms with Crippen molar-refractivity contribution in [3.05, 3.63) is 16.1 Å². The first-order valence-corrected chi connectivity index (χ1v) is 9.51. The van der Waals surface area contributed by atoms with E-state index in [4.69, 9.17) is 4.74 Å². The second kappa shape index (κ2) is 10.3. The fraction of sp³-hybridized carbons (Fsp3) is 0.706. The van der Waals surface area contributed by atoms with Crippen LogP contribution in [0.1, 0.15) is 37.6 Å². The second-order valence-electron chi connectivity index (χ2n) is 7.05. The number of aliphatic imine (C=N–C) groups is 1. The summed E-state index contributed by atoms with van der Waals surface area (Å²) in [6.07, 6.45) is 3.60. The number of aryl methyl sites for hydroxylation is 1. The van der Waals surface area contributed by atoms with Gasteiger partial charge in [-0.05, 0) is 27.2 Å². The Kier molecular flexibility index (Phi) is 9.08. The lowest BCUT2D eigenvalue weighted by Gasteiger charge is -2.40. The zero-order valence-electron chi connectivity index (χ0n) is 16.2. The molecule has 0 spiro atoms. The van der Waals surface area contributed by atoms with Crippen molar-refractivity contribution >= 4 is 47.4 Å². The highest BCUT2D eigenvalue weighted by Crippen LogP contribution is 2.15. The molecule has 1 aliphatic heterocycles. The molecule has 1 aromatic rings. The molecule has 0 atom stereocenters. The molecule has 26 heavy (non-hydrogen) atoms. The number of hydrogen-bond acceptors (Lipinski definition) is 5. The van der Waals surface area contributed by atoms with Crippen molar-refractivity contribution in [3.63, 3.8) is 0 Å². The molecular formula is C17H30IN5O2S. The number of carbonyl (C=O) groups excluding carboxylic acids is 1. The zero-order valence-corrected chi connectivity index (χ0v) is 19.3. The summed E-state index contributed by atoms with van der Waals surface area (Å²) in [6.45, 7) is 9.79. The summed E-state index contributed by atoms with van der Waals surface area (Å²) < 4.78 is 5.35. The molecule has 1 aromatic heterocycles. The van der Waals surface area contributed by atoms with Crippen LogP contribution in [-0.2, 0) is 17.6 Å². The number of halogens is 1. The van der Waals surface area contributed by atoms with E-state index in [1.807, 2.05) is 27.0 Å². The molecular weight excluding hydrogens is 465 g/mol. The Morgan fingerprint density at radius 3 is 2.69 bits per heavy atom. The van der Waals surface area contributed by atoms with Crippen molar-refractivity contribution in [3.8, 4) is 0 Å². The van der Waals surface area contributed by atoms with Gasteiger partial charge in [-0.25, -0.2) is 9.78 Å². The van der Waals surface area contributed by atoms with E-state index in [1.165, 1.54) is 4.88 Å². The molecule has 0 aromatic carbocycles. The molecule has 1 fully saturated rings. The molecule has 1 aliphatic rings. The minimum Gasteiger partial charge on any atom is -0.444 e. The van der Waals surface area contributed by atoms with Gasteiger partial charge in [-0.3, -0.25) is 4.99 Å². The molecule has 0 radical (unpaired) electrons. The number of guanidine groups is 1. The van der Waals surface area contributed by atoms with E-state index in [1.54, 1.807) is 23.3 Å². The maximum atomic E-state index is 11.9. The molecule has 0 saturated carbocycles. The smallest absolute Gasteiger partial charge is 0.410 e. The van der Waals surface area contributed by atoms with Gasteiger partial charge in [-0.2, -0.15) is 0 Å². The number of ether oxygens (including phenoxy) is 1. The van der Waals surface area contributed by atoms with Gasteiger partial charge in [0.15, 0.2) is 5.96 Å². The Bertz CT molecular complexity index is 609. The lowest BCUT2D eigenvalue weighted by atomic mass is 10.1. The van der Waals surface area contributed by atoms with Crippen molar-refractivity contribution < 1.29 is 9.53 Å². The van der Waals surface area contributed by atoms with E-state index >= 15 is 0 Å². The number of likely N-dealkylation sites (tertiary alicyclic amines) is 1. The van der Waals surface area contributed by atoms with E-state index in [0.29, 0.717) is 13.1 Å². The third kappa shape index (κ3) is 7.26. The number of nitrogens with one attached hydrogen (secondary N) is 2. The van der Waals surface area contributed by atoms with Crippen molar-refractivity contribution in [2.24, 2.45) is 4.99 Å². The highest BCUT2D eigenvalue weighted by atomic mass is 127. The Hall–Kier alpha value is -1.10. The Morgan fingerprint density at radius 1 is 1.46 bits per heavy atom. The largest absolute Gasteiger partial charge is 0.444 e. The minimum absolute atomic E-state index is 0. The molecule has 2 N–H and O–H groups in total. The van der Waals surface area contributed by atoms with Crippen LogP contribution in [0.15, 0.2) is 11.2 Å². The third-order valence-electron chi connectivity index (χ3n) is 3.68. The van der Waals surface area contributed by atoms with Gasteiger partial charge in [-0.1, -0.05) is 6.92 Å². The van der Waals surface area contributed by atoms with Crippen LogP contribution >= 0.6 is 35.3 Å². The number of hydrogen-bond donors (Lipinski definition) is 2. The van der Waals surface area contributed by atoms with Crippen LogP contribution in [0.25, 0.3) is 0 Å². The predicted octanol–water partition coefficient (Wildman–Crippen LogP) is 2.65. The van der Waals surface area contributed by atoms with Gasteiger partial charge in [0.2, 0.25) is 0 Å². The van der Waals surface area contributed by atoms with Crippen molar-refractivity contribution in [1.82, 2.24) is 20.5 Å². The highest BCUT2D eigenvalue weighted by molar-refractivity contribution is 14.0. The fourth-order valence-electron chi connectivity index (χ4n) is 2.35. The molecule has 0 unspecified atom stereocenters. The molecule has 1 saturated heterocycles. The fourth-order valence-corrected chi connectivity index (χ4v) is 3.21. The van der Waals surface area contributed by atoms with E-state index in [-0.39, 0.29) is 36.1 Å². The second-order valence-corrected chi connectivity index (χ2v) is 8.25. The minimum atomic E-state index is -0.458. The standard InChI is InChI=1S/C17H29N5O2S.HI/c1-6-13-9-20-14(25-13)7-8-19-15(18-5)21-12-10-22(11-12)16(23)24-17(2,3)4;/h9,12H,6-8,10-11H2,1-5H3,(H2,18,19,21);1H. The Morgan fingerprint density at radius 2 is 2.15 bits per heavy atom. The van der Waals surface area contributed by atoms with E-state index in [2.05, 4.69) is 27.5 Å². The number of aromatic nitrogens is 1. The van der Waals surface area contributed by atoms with Gasteiger partial charge in [-0.15, -0.1) is 35.3 Å². The summed E-state index contributed by atoms with van der Waals surface area (Å²) in [5.74, 6) is 0.751. The molecule has 148 valence electrons. The molecule has 9 heteroatoms. The highest BCUT2D eigenvalue weighted by Gasteiger charge is 2.34. The molecule has 2 rings (SSSR count). The van der Waals surface area contributed by atoms with Crippen LogP contribution in [0, 0.1) is 0 Å². The van der Waals surface area contributed by atoms with Gasteiger partial charge in [0.05, 0.1) is 11.0 Å². The molecule has 2 heterocycles. The van der Waals surface area contributed by atoms with Crippen molar-refractivity contribution in [2.45, 2.75) is 52.2 Å². The first kappa shape index (κ1) is 22.9. The quantitative estimate of drug-likeness (QED) is 0.373. The average Bonchev–Trinajstić information content (AvgIpc) is 2.94. The Labute approximate surface area is 177 Å². The normalized spacial score (nSPS) is 15.1. The molecule has 0 bridgehead atoms. The van der Waals surface area contributed by atoms with Crippen LogP contribution in [0.3, 0.4) is 0 Å². The van der Waals surface area contributed by atoms with E-state index in [9.17, 15) is 4.79 Å². The topological polar surface area (TPSA) is 78.9 Å². The molecule has 0 aliphatic carbocycles. The van der Waals surface area contributed by atoms with Crippen LogP contribution in [0.2, 0.25) is 0 Å².